The van der Waals surface area contributed by atoms with E-state index in [-0.39, 0.29) is 6.10 Å². The lowest BCUT2D eigenvalue weighted by Crippen LogP contribution is -2.42. The van der Waals surface area contributed by atoms with E-state index >= 15 is 0 Å². The lowest BCUT2D eigenvalue weighted by Gasteiger charge is -2.34. The van der Waals surface area contributed by atoms with Crippen LogP contribution in [0.25, 0.3) is 10.9 Å². The molecule has 2 heterocycles. The number of fused-ring (bicyclic) bond motifs is 1. The van der Waals surface area contributed by atoms with Crippen LogP contribution < -0.4 is 4.90 Å². The molecule has 3 rings (SSSR count). The van der Waals surface area contributed by atoms with E-state index in [2.05, 4.69) is 16.9 Å². The second-order valence-electron chi connectivity index (χ2n) is 5.07. The van der Waals surface area contributed by atoms with Crippen molar-refractivity contribution < 1.29 is 13.5 Å². The van der Waals surface area contributed by atoms with Crippen molar-refractivity contribution in [2.45, 2.75) is 25.9 Å². The Morgan fingerprint density at radius 2 is 2.14 bits per heavy atom. The van der Waals surface area contributed by atoms with Crippen molar-refractivity contribution >= 4 is 16.7 Å². The van der Waals surface area contributed by atoms with Crippen molar-refractivity contribution in [1.29, 1.82) is 0 Å². The number of para-hydroxylation sites is 1. The molecule has 6 heteroatoms. The van der Waals surface area contributed by atoms with Gasteiger partial charge in [-0.05, 0) is 18.6 Å². The lowest BCUT2D eigenvalue weighted by molar-refractivity contribution is 0.0382. The summed E-state index contributed by atoms with van der Waals surface area (Å²) in [7, 11) is 0. The lowest BCUT2D eigenvalue weighted by atomic mass is 10.2. The first kappa shape index (κ1) is 14.1. The Labute approximate surface area is 121 Å². The fourth-order valence-electron chi connectivity index (χ4n) is 2.57. The molecule has 1 unspecified atom stereocenters. The molecule has 1 aromatic heterocycles. The molecule has 1 aliphatic heterocycles. The molecule has 1 fully saturated rings. The number of alkyl halides is 2. The Morgan fingerprint density at radius 3 is 2.90 bits per heavy atom. The molecule has 0 saturated carbocycles. The first-order chi connectivity index (χ1) is 10.2. The second kappa shape index (κ2) is 5.89. The van der Waals surface area contributed by atoms with Gasteiger partial charge in [0.25, 0.3) is 6.43 Å². The molecule has 1 aliphatic rings. The standard InChI is InChI=1S/C15H17F2N3O/c1-2-10-9-20(7-8-21-10)15-11-5-3-4-6-12(11)18-14(19-15)13(16)17/h3-6,10,13H,2,7-9H2,1H3. The number of aromatic nitrogens is 2. The van der Waals surface area contributed by atoms with E-state index in [9.17, 15) is 8.78 Å². The smallest absolute Gasteiger partial charge is 0.297 e. The number of benzene rings is 1. The highest BCUT2D eigenvalue weighted by molar-refractivity contribution is 5.89. The van der Waals surface area contributed by atoms with Gasteiger partial charge in [0.1, 0.15) is 5.82 Å². The molecule has 1 saturated heterocycles. The monoisotopic (exact) mass is 293 g/mol. The molecule has 0 spiro atoms. The van der Waals surface area contributed by atoms with Gasteiger partial charge in [0.05, 0.1) is 18.2 Å². The van der Waals surface area contributed by atoms with E-state index in [0.717, 1.165) is 11.8 Å². The van der Waals surface area contributed by atoms with Crippen LogP contribution in [0.1, 0.15) is 25.6 Å². The predicted octanol–water partition coefficient (Wildman–Crippen LogP) is 3.18. The molecule has 1 atom stereocenters. The van der Waals surface area contributed by atoms with Gasteiger partial charge < -0.3 is 9.64 Å². The van der Waals surface area contributed by atoms with Crippen LogP contribution >= 0.6 is 0 Å². The zero-order chi connectivity index (χ0) is 14.8. The number of rotatable bonds is 3. The molecular weight excluding hydrogens is 276 g/mol. The van der Waals surface area contributed by atoms with Gasteiger partial charge in [-0.15, -0.1) is 0 Å². The quantitative estimate of drug-likeness (QED) is 0.871. The molecular formula is C15H17F2N3O. The van der Waals surface area contributed by atoms with Crippen molar-refractivity contribution in [2.24, 2.45) is 0 Å². The third-order valence-corrected chi connectivity index (χ3v) is 3.69. The highest BCUT2D eigenvalue weighted by Gasteiger charge is 2.24. The van der Waals surface area contributed by atoms with Crippen molar-refractivity contribution in [3.05, 3.63) is 30.1 Å². The average Bonchev–Trinajstić information content (AvgIpc) is 2.53. The number of nitrogens with zero attached hydrogens (tertiary/aromatic N) is 3. The summed E-state index contributed by atoms with van der Waals surface area (Å²) in [6.45, 7) is 3.96. The first-order valence-corrected chi connectivity index (χ1v) is 7.10. The van der Waals surface area contributed by atoms with E-state index in [1.165, 1.54) is 0 Å². The van der Waals surface area contributed by atoms with Crippen molar-refractivity contribution in [2.75, 3.05) is 24.6 Å². The van der Waals surface area contributed by atoms with E-state index in [1.807, 2.05) is 17.0 Å². The Balaban J connectivity index is 2.07. The molecule has 112 valence electrons. The van der Waals surface area contributed by atoms with Gasteiger partial charge in [-0.1, -0.05) is 19.1 Å². The van der Waals surface area contributed by atoms with Gasteiger partial charge in [-0.25, -0.2) is 18.7 Å². The number of morpholine rings is 1. The molecule has 4 nitrogen and oxygen atoms in total. The van der Waals surface area contributed by atoms with Crippen LogP contribution in [0.2, 0.25) is 0 Å². The van der Waals surface area contributed by atoms with Crippen LogP contribution in [-0.4, -0.2) is 35.8 Å². The molecule has 2 aromatic rings. The Morgan fingerprint density at radius 1 is 1.33 bits per heavy atom. The Hall–Kier alpha value is -1.82. The minimum absolute atomic E-state index is 0.113. The maximum atomic E-state index is 13.0. The largest absolute Gasteiger partial charge is 0.375 e. The van der Waals surface area contributed by atoms with Gasteiger partial charge in [0, 0.05) is 18.5 Å². The third-order valence-electron chi connectivity index (χ3n) is 3.69. The summed E-state index contributed by atoms with van der Waals surface area (Å²) < 4.78 is 31.7. The Kier molecular flexibility index (Phi) is 3.96. The molecule has 0 aliphatic carbocycles. The van der Waals surface area contributed by atoms with Crippen LogP contribution in [-0.2, 0) is 4.74 Å². The summed E-state index contributed by atoms with van der Waals surface area (Å²) >= 11 is 0. The summed E-state index contributed by atoms with van der Waals surface area (Å²) in [5.41, 5.74) is 0.553. The van der Waals surface area contributed by atoms with Gasteiger partial charge in [0.15, 0.2) is 5.82 Å². The minimum atomic E-state index is -2.67. The summed E-state index contributed by atoms with van der Waals surface area (Å²) in [5.74, 6) is 0.167. The van der Waals surface area contributed by atoms with Gasteiger partial charge in [0.2, 0.25) is 0 Å². The molecule has 21 heavy (non-hydrogen) atoms. The van der Waals surface area contributed by atoms with Crippen molar-refractivity contribution in [3.63, 3.8) is 0 Å². The zero-order valence-electron chi connectivity index (χ0n) is 11.8. The van der Waals surface area contributed by atoms with E-state index in [1.54, 1.807) is 12.1 Å². The Bertz CT molecular complexity index is 635. The molecule has 0 amide bonds. The van der Waals surface area contributed by atoms with Crippen LogP contribution in [0.15, 0.2) is 24.3 Å². The van der Waals surface area contributed by atoms with Crippen LogP contribution in [0.5, 0.6) is 0 Å². The third kappa shape index (κ3) is 2.81. The fourth-order valence-corrected chi connectivity index (χ4v) is 2.57. The highest BCUT2D eigenvalue weighted by atomic mass is 19.3. The maximum Gasteiger partial charge on any atom is 0.297 e. The van der Waals surface area contributed by atoms with E-state index in [0.29, 0.717) is 31.0 Å². The molecule has 1 aromatic carbocycles. The SMILES string of the molecule is CCC1CN(c2nc(C(F)F)nc3ccccc23)CCO1. The first-order valence-electron chi connectivity index (χ1n) is 7.10. The highest BCUT2D eigenvalue weighted by Crippen LogP contribution is 2.28. The normalized spacial score (nSPS) is 19.4. The van der Waals surface area contributed by atoms with Crippen LogP contribution in [0.3, 0.4) is 0 Å². The summed E-state index contributed by atoms with van der Waals surface area (Å²) in [6.07, 6.45) is -1.67. The topological polar surface area (TPSA) is 38.2 Å². The fraction of sp³-hybridized carbons (Fsp3) is 0.467. The van der Waals surface area contributed by atoms with Crippen molar-refractivity contribution in [3.8, 4) is 0 Å². The van der Waals surface area contributed by atoms with E-state index < -0.39 is 12.2 Å². The van der Waals surface area contributed by atoms with Gasteiger partial charge in [-0.2, -0.15) is 0 Å². The molecule has 0 bridgehead atoms. The summed E-state index contributed by atoms with van der Waals surface area (Å²) in [6, 6.07) is 7.28. The van der Waals surface area contributed by atoms with Gasteiger partial charge in [-0.3, -0.25) is 0 Å². The number of halogens is 2. The van der Waals surface area contributed by atoms with Crippen LogP contribution in [0.4, 0.5) is 14.6 Å². The average molecular weight is 293 g/mol. The number of hydrogen-bond donors (Lipinski definition) is 0. The molecule has 0 N–H and O–H groups in total. The van der Waals surface area contributed by atoms with Crippen molar-refractivity contribution in [1.82, 2.24) is 9.97 Å². The maximum absolute atomic E-state index is 13.0. The number of hydrogen-bond acceptors (Lipinski definition) is 4. The predicted molar refractivity (Wildman–Crippen MR) is 76.7 cm³/mol. The number of ether oxygens (including phenoxy) is 1. The molecule has 0 radical (unpaired) electrons. The zero-order valence-corrected chi connectivity index (χ0v) is 11.8. The van der Waals surface area contributed by atoms with Gasteiger partial charge >= 0.3 is 0 Å². The van der Waals surface area contributed by atoms with Crippen LogP contribution in [0, 0.1) is 0 Å². The number of anilines is 1. The van der Waals surface area contributed by atoms with E-state index in [4.69, 9.17) is 4.74 Å². The summed E-state index contributed by atoms with van der Waals surface area (Å²) in [4.78, 5) is 10.1. The minimum Gasteiger partial charge on any atom is -0.375 e. The second-order valence-corrected chi connectivity index (χ2v) is 5.07. The summed E-state index contributed by atoms with van der Waals surface area (Å²) in [5, 5.41) is 0.804.